The van der Waals surface area contributed by atoms with Gasteiger partial charge in [-0.05, 0) is 43.2 Å². The van der Waals surface area contributed by atoms with Crippen molar-refractivity contribution in [2.45, 2.75) is 37.6 Å². The van der Waals surface area contributed by atoms with E-state index in [-0.39, 0.29) is 12.4 Å². The fourth-order valence-corrected chi connectivity index (χ4v) is 2.85. The van der Waals surface area contributed by atoms with E-state index in [2.05, 4.69) is 17.5 Å². The van der Waals surface area contributed by atoms with Crippen LogP contribution in [0.2, 0.25) is 0 Å². The Labute approximate surface area is 121 Å². The number of hydrogen-bond donors (Lipinski definition) is 2. The Morgan fingerprint density at radius 1 is 1.21 bits per heavy atom. The van der Waals surface area contributed by atoms with Gasteiger partial charge < -0.3 is 11.1 Å². The number of nitrogens with one attached hydrogen (secondary N) is 1. The summed E-state index contributed by atoms with van der Waals surface area (Å²) < 4.78 is 0. The second kappa shape index (κ2) is 8.16. The van der Waals surface area contributed by atoms with Crippen LogP contribution in [0.3, 0.4) is 0 Å². The molecule has 1 aliphatic carbocycles. The summed E-state index contributed by atoms with van der Waals surface area (Å²) in [5.41, 5.74) is 7.58. The molecule has 0 bridgehead atoms. The van der Waals surface area contributed by atoms with Crippen molar-refractivity contribution in [2.75, 3.05) is 13.1 Å². The van der Waals surface area contributed by atoms with E-state index in [0.29, 0.717) is 18.5 Å². The van der Waals surface area contributed by atoms with Crippen molar-refractivity contribution in [3.63, 3.8) is 0 Å². The fraction of sp³-hybridized carbons (Fsp3) is 0.533. The van der Waals surface area contributed by atoms with Crippen LogP contribution in [0.25, 0.3) is 0 Å². The molecule has 2 rings (SSSR count). The molecule has 0 saturated heterocycles. The molecule has 0 amide bonds. The van der Waals surface area contributed by atoms with Crippen molar-refractivity contribution < 1.29 is 0 Å². The van der Waals surface area contributed by atoms with Gasteiger partial charge in [0.25, 0.3) is 0 Å². The summed E-state index contributed by atoms with van der Waals surface area (Å²) >= 11 is 0. The molecule has 0 aromatic heterocycles. The average Bonchev–Trinajstić information content (AvgIpc) is 2.45. The van der Waals surface area contributed by atoms with Crippen molar-refractivity contribution in [2.24, 2.45) is 5.73 Å². The van der Waals surface area contributed by atoms with Crippen molar-refractivity contribution in [1.29, 1.82) is 5.26 Å². The van der Waals surface area contributed by atoms with E-state index >= 15 is 0 Å². The van der Waals surface area contributed by atoms with Gasteiger partial charge in [0.1, 0.15) is 0 Å². The largest absolute Gasteiger partial charge is 0.329 e. The lowest BCUT2D eigenvalue weighted by Gasteiger charge is -2.29. The molecule has 0 spiro atoms. The van der Waals surface area contributed by atoms with Crippen LogP contribution in [0.1, 0.15) is 42.7 Å². The summed E-state index contributed by atoms with van der Waals surface area (Å²) in [6.07, 6.45) is 4.71. The van der Waals surface area contributed by atoms with Crippen molar-refractivity contribution in [3.8, 4) is 6.07 Å². The van der Waals surface area contributed by atoms with Crippen molar-refractivity contribution in [3.05, 3.63) is 35.4 Å². The van der Waals surface area contributed by atoms with Crippen LogP contribution < -0.4 is 11.1 Å². The lowest BCUT2D eigenvalue weighted by Crippen LogP contribution is -2.36. The molecule has 0 unspecified atom stereocenters. The summed E-state index contributed by atoms with van der Waals surface area (Å²) in [5.74, 6) is 0.553. The molecule has 0 atom stereocenters. The van der Waals surface area contributed by atoms with E-state index in [1.807, 2.05) is 18.2 Å². The first-order valence-electron chi connectivity index (χ1n) is 6.77. The molecule has 1 aromatic carbocycles. The first-order chi connectivity index (χ1) is 8.85. The number of rotatable bonds is 4. The fourth-order valence-electron chi connectivity index (χ4n) is 2.85. The normalized spacial score (nSPS) is 22.3. The molecule has 104 valence electrons. The quantitative estimate of drug-likeness (QED) is 0.890. The topological polar surface area (TPSA) is 61.8 Å². The minimum atomic E-state index is 0. The van der Waals surface area contributed by atoms with Gasteiger partial charge in [-0.2, -0.15) is 5.26 Å². The Kier molecular flexibility index (Phi) is 6.86. The molecule has 1 saturated carbocycles. The lowest BCUT2D eigenvalue weighted by molar-refractivity contribution is 0.345. The second-order valence-corrected chi connectivity index (χ2v) is 4.99. The van der Waals surface area contributed by atoms with E-state index in [0.717, 1.165) is 12.1 Å². The number of nitriles is 1. The van der Waals surface area contributed by atoms with Gasteiger partial charge in [-0.1, -0.05) is 18.2 Å². The Morgan fingerprint density at radius 3 is 2.53 bits per heavy atom. The lowest BCUT2D eigenvalue weighted by atomic mass is 9.80. The van der Waals surface area contributed by atoms with Gasteiger partial charge in [0, 0.05) is 19.1 Å². The third-order valence-corrected chi connectivity index (χ3v) is 3.83. The van der Waals surface area contributed by atoms with Crippen LogP contribution in [-0.2, 0) is 0 Å². The van der Waals surface area contributed by atoms with Gasteiger partial charge in [0.2, 0.25) is 0 Å². The maximum atomic E-state index is 9.14. The minimum absolute atomic E-state index is 0. The highest BCUT2D eigenvalue weighted by Crippen LogP contribution is 2.34. The highest BCUT2D eigenvalue weighted by molar-refractivity contribution is 5.85. The molecular formula is C15H22ClN3. The highest BCUT2D eigenvalue weighted by Gasteiger charge is 2.23. The van der Waals surface area contributed by atoms with Gasteiger partial charge in [0.05, 0.1) is 11.6 Å². The number of nitrogens with two attached hydrogens (primary N) is 1. The van der Waals surface area contributed by atoms with E-state index < -0.39 is 0 Å². The molecule has 3 nitrogen and oxygen atoms in total. The Bertz CT molecular complexity index is 420. The Morgan fingerprint density at radius 2 is 1.89 bits per heavy atom. The molecule has 19 heavy (non-hydrogen) atoms. The number of hydrogen-bond acceptors (Lipinski definition) is 3. The maximum absolute atomic E-state index is 9.14. The summed E-state index contributed by atoms with van der Waals surface area (Å²) in [6.45, 7) is 1.61. The van der Waals surface area contributed by atoms with E-state index in [1.165, 1.54) is 31.2 Å². The van der Waals surface area contributed by atoms with Crippen LogP contribution in [-0.4, -0.2) is 19.1 Å². The van der Waals surface area contributed by atoms with Crippen molar-refractivity contribution >= 4 is 12.4 Å². The molecule has 0 radical (unpaired) electrons. The number of benzene rings is 1. The zero-order valence-electron chi connectivity index (χ0n) is 11.1. The standard InChI is InChI=1S/C15H21N3.ClH/c16-9-10-18-14-7-5-12(6-8-14)15-4-2-1-3-13(15)11-17;/h1-4,12,14,18H,5-10,16H2;1H. The van der Waals surface area contributed by atoms with Gasteiger partial charge in [-0.3, -0.25) is 0 Å². The van der Waals surface area contributed by atoms with Crippen LogP contribution in [0.5, 0.6) is 0 Å². The van der Waals surface area contributed by atoms with Gasteiger partial charge in [0.15, 0.2) is 0 Å². The van der Waals surface area contributed by atoms with Crippen LogP contribution >= 0.6 is 12.4 Å². The van der Waals surface area contributed by atoms with Crippen LogP contribution in [0.4, 0.5) is 0 Å². The summed E-state index contributed by atoms with van der Waals surface area (Å²) in [5, 5.41) is 12.6. The average molecular weight is 280 g/mol. The van der Waals surface area contributed by atoms with Gasteiger partial charge in [-0.25, -0.2) is 0 Å². The second-order valence-electron chi connectivity index (χ2n) is 4.99. The third-order valence-electron chi connectivity index (χ3n) is 3.83. The SMILES string of the molecule is Cl.N#Cc1ccccc1C1CCC(NCCN)CC1. The summed E-state index contributed by atoms with van der Waals surface area (Å²) in [7, 11) is 0. The van der Waals surface area contributed by atoms with Gasteiger partial charge in [-0.15, -0.1) is 12.4 Å². The smallest absolute Gasteiger partial charge is 0.0994 e. The molecule has 0 heterocycles. The number of nitrogens with zero attached hydrogens (tertiary/aromatic N) is 1. The Hall–Kier alpha value is -1.08. The molecule has 1 aromatic rings. The van der Waals surface area contributed by atoms with E-state index in [9.17, 15) is 0 Å². The monoisotopic (exact) mass is 279 g/mol. The first-order valence-corrected chi connectivity index (χ1v) is 6.77. The highest BCUT2D eigenvalue weighted by atomic mass is 35.5. The molecule has 4 heteroatoms. The number of halogens is 1. The van der Waals surface area contributed by atoms with Crippen LogP contribution in [0.15, 0.2) is 24.3 Å². The molecule has 0 aliphatic heterocycles. The van der Waals surface area contributed by atoms with E-state index in [1.54, 1.807) is 0 Å². The summed E-state index contributed by atoms with van der Waals surface area (Å²) in [4.78, 5) is 0. The molecular weight excluding hydrogens is 258 g/mol. The first kappa shape index (κ1) is 16.0. The molecule has 1 fully saturated rings. The van der Waals surface area contributed by atoms with Crippen LogP contribution in [0, 0.1) is 11.3 Å². The predicted octanol–water partition coefficient (Wildman–Crippen LogP) is 2.55. The zero-order chi connectivity index (χ0) is 12.8. The molecule has 3 N–H and O–H groups in total. The maximum Gasteiger partial charge on any atom is 0.0994 e. The minimum Gasteiger partial charge on any atom is -0.329 e. The summed E-state index contributed by atoms with van der Waals surface area (Å²) in [6, 6.07) is 10.9. The van der Waals surface area contributed by atoms with Gasteiger partial charge >= 0.3 is 0 Å². The predicted molar refractivity (Wildman–Crippen MR) is 80.5 cm³/mol. The van der Waals surface area contributed by atoms with E-state index in [4.69, 9.17) is 11.0 Å². The molecule has 1 aliphatic rings. The Balaban J connectivity index is 0.00000180. The zero-order valence-corrected chi connectivity index (χ0v) is 12.0. The van der Waals surface area contributed by atoms with Crippen molar-refractivity contribution in [1.82, 2.24) is 5.32 Å². The third kappa shape index (κ3) is 4.21.